The van der Waals surface area contributed by atoms with E-state index in [1.54, 1.807) is 6.07 Å². The summed E-state index contributed by atoms with van der Waals surface area (Å²) in [5, 5.41) is 3.20. The Bertz CT molecular complexity index is 812. The summed E-state index contributed by atoms with van der Waals surface area (Å²) in [5.41, 5.74) is 6.60. The molecule has 6 nitrogen and oxygen atoms in total. The summed E-state index contributed by atoms with van der Waals surface area (Å²) in [4.78, 5) is 18.3. The number of oxazole rings is 1. The van der Waals surface area contributed by atoms with Crippen LogP contribution in [0.15, 0.2) is 21.0 Å². The lowest BCUT2D eigenvalue weighted by Gasteiger charge is -2.31. The number of carbonyl (C=O) groups excluding carboxylic acids is 1. The van der Waals surface area contributed by atoms with Crippen LogP contribution >= 0.6 is 15.9 Å². The minimum absolute atomic E-state index is 0.0923. The van der Waals surface area contributed by atoms with E-state index < -0.39 is 11.7 Å². The van der Waals surface area contributed by atoms with Crippen molar-refractivity contribution < 1.29 is 13.6 Å². The molecule has 146 valence electrons. The van der Waals surface area contributed by atoms with Gasteiger partial charge in [0, 0.05) is 11.0 Å². The molecule has 0 saturated carbocycles. The van der Waals surface area contributed by atoms with Gasteiger partial charge in [-0.3, -0.25) is 9.69 Å². The number of aryl methyl sites for hydroxylation is 2. The number of hydrogen-bond acceptors (Lipinski definition) is 5. The van der Waals surface area contributed by atoms with Crippen LogP contribution in [0.4, 0.5) is 10.1 Å². The molecule has 2 aromatic rings. The smallest absolute Gasteiger partial charge is 0.253 e. The largest absolute Gasteiger partial charge is 0.444 e. The van der Waals surface area contributed by atoms with E-state index in [4.69, 9.17) is 10.2 Å². The lowest BCUT2D eigenvalue weighted by Crippen LogP contribution is -2.35. The van der Waals surface area contributed by atoms with Gasteiger partial charge in [-0.1, -0.05) is 15.9 Å². The summed E-state index contributed by atoms with van der Waals surface area (Å²) in [7, 11) is 0. The minimum atomic E-state index is -0.770. The molecule has 1 saturated heterocycles. The highest BCUT2D eigenvalue weighted by atomic mass is 79.9. The van der Waals surface area contributed by atoms with Gasteiger partial charge in [-0.25, -0.2) is 9.37 Å². The van der Waals surface area contributed by atoms with Gasteiger partial charge in [0.25, 0.3) is 5.91 Å². The van der Waals surface area contributed by atoms with Gasteiger partial charge >= 0.3 is 0 Å². The molecular weight excluding hydrogens is 415 g/mol. The fraction of sp³-hybridized carbons (Fsp3) is 0.474. The van der Waals surface area contributed by atoms with E-state index in [1.807, 2.05) is 13.8 Å². The number of benzene rings is 1. The summed E-state index contributed by atoms with van der Waals surface area (Å²) < 4.78 is 20.3. The third-order valence-electron chi connectivity index (χ3n) is 5.02. The molecule has 1 aromatic carbocycles. The maximum atomic E-state index is 14.0. The summed E-state index contributed by atoms with van der Waals surface area (Å²) in [6.45, 7) is 7.16. The zero-order chi connectivity index (χ0) is 19.6. The Morgan fingerprint density at radius 3 is 2.70 bits per heavy atom. The molecule has 0 aliphatic carbocycles. The van der Waals surface area contributed by atoms with E-state index in [-0.39, 0.29) is 5.56 Å². The molecule has 0 unspecified atom stereocenters. The van der Waals surface area contributed by atoms with Gasteiger partial charge in [0.15, 0.2) is 0 Å². The van der Waals surface area contributed by atoms with Crippen LogP contribution in [0.3, 0.4) is 0 Å². The van der Waals surface area contributed by atoms with Crippen LogP contribution in [0.25, 0.3) is 0 Å². The second-order valence-corrected chi connectivity index (χ2v) is 7.94. The van der Waals surface area contributed by atoms with Gasteiger partial charge in [0.2, 0.25) is 5.89 Å². The zero-order valence-corrected chi connectivity index (χ0v) is 17.1. The molecule has 0 spiro atoms. The van der Waals surface area contributed by atoms with Crippen LogP contribution in [0.5, 0.6) is 0 Å². The number of rotatable bonds is 6. The van der Waals surface area contributed by atoms with Gasteiger partial charge in [-0.2, -0.15) is 0 Å². The summed E-state index contributed by atoms with van der Waals surface area (Å²) >= 11 is 3.25. The van der Waals surface area contributed by atoms with Crippen molar-refractivity contribution in [2.24, 2.45) is 11.7 Å². The summed E-state index contributed by atoms with van der Waals surface area (Å²) in [5.74, 6) is 0.685. The first-order valence-corrected chi connectivity index (χ1v) is 9.80. The fourth-order valence-corrected chi connectivity index (χ4v) is 3.79. The fourth-order valence-electron chi connectivity index (χ4n) is 3.36. The van der Waals surface area contributed by atoms with Gasteiger partial charge in [-0.15, -0.1) is 0 Å². The summed E-state index contributed by atoms with van der Waals surface area (Å²) in [6.07, 6.45) is 2.02. The Kier molecular flexibility index (Phi) is 6.16. The number of primary amides is 1. The molecule has 1 aliphatic rings. The second kappa shape index (κ2) is 8.39. The van der Waals surface area contributed by atoms with E-state index >= 15 is 0 Å². The Morgan fingerprint density at radius 1 is 1.41 bits per heavy atom. The average Bonchev–Trinajstić information content (AvgIpc) is 2.90. The highest BCUT2D eigenvalue weighted by Gasteiger charge is 2.22. The van der Waals surface area contributed by atoms with Crippen LogP contribution in [0, 0.1) is 25.6 Å². The van der Waals surface area contributed by atoms with Crippen molar-refractivity contribution in [3.8, 4) is 0 Å². The number of carbonyl (C=O) groups is 1. The van der Waals surface area contributed by atoms with Crippen molar-refractivity contribution in [2.75, 3.05) is 25.0 Å². The quantitative estimate of drug-likeness (QED) is 0.719. The normalized spacial score (nSPS) is 15.9. The molecule has 1 amide bonds. The van der Waals surface area contributed by atoms with Crippen LogP contribution in [-0.2, 0) is 6.54 Å². The molecule has 0 radical (unpaired) electrons. The van der Waals surface area contributed by atoms with Crippen molar-refractivity contribution in [1.29, 1.82) is 0 Å². The van der Waals surface area contributed by atoms with Gasteiger partial charge in [0.05, 0.1) is 23.5 Å². The first kappa shape index (κ1) is 19.8. The lowest BCUT2D eigenvalue weighted by molar-refractivity contribution is 0.0997. The number of anilines is 1. The third-order valence-corrected chi connectivity index (χ3v) is 5.48. The number of piperidine rings is 1. The van der Waals surface area contributed by atoms with Crippen molar-refractivity contribution in [3.63, 3.8) is 0 Å². The van der Waals surface area contributed by atoms with Crippen molar-refractivity contribution in [3.05, 3.63) is 45.3 Å². The number of halogens is 2. The molecule has 8 heteroatoms. The topological polar surface area (TPSA) is 84.4 Å². The molecule has 0 bridgehead atoms. The standard InChI is InChI=1S/C19H24BrFN4O2/c1-11-12(2)27-17(24-11)10-25-5-3-13(4-6-25)9-23-16-8-14(20)7-15(21)18(16)19(22)26/h7-8,13,23H,3-6,9-10H2,1-2H3,(H2,22,26). The number of nitrogens with one attached hydrogen (secondary N) is 1. The molecule has 1 aromatic heterocycles. The number of likely N-dealkylation sites (tertiary alicyclic amines) is 1. The number of nitrogens with zero attached hydrogens (tertiary/aromatic N) is 2. The van der Waals surface area contributed by atoms with Crippen molar-refractivity contribution in [2.45, 2.75) is 33.2 Å². The Morgan fingerprint density at radius 2 is 2.11 bits per heavy atom. The van der Waals surface area contributed by atoms with Crippen LogP contribution in [0.2, 0.25) is 0 Å². The highest BCUT2D eigenvalue weighted by Crippen LogP contribution is 2.26. The second-order valence-electron chi connectivity index (χ2n) is 7.02. The SMILES string of the molecule is Cc1nc(CN2CCC(CNc3cc(Br)cc(F)c3C(N)=O)CC2)oc1C. The number of aromatic nitrogens is 1. The van der Waals surface area contributed by atoms with Crippen molar-refractivity contribution >= 4 is 27.5 Å². The Hall–Kier alpha value is -1.93. The monoisotopic (exact) mass is 438 g/mol. The molecule has 1 aliphatic heterocycles. The van der Waals surface area contributed by atoms with Gasteiger partial charge < -0.3 is 15.5 Å². The predicted octanol–water partition coefficient (Wildman–Crippen LogP) is 3.62. The van der Waals surface area contributed by atoms with Crippen LogP contribution < -0.4 is 11.1 Å². The maximum Gasteiger partial charge on any atom is 0.253 e. The first-order chi connectivity index (χ1) is 12.8. The van der Waals surface area contributed by atoms with E-state index in [1.165, 1.54) is 6.07 Å². The summed E-state index contributed by atoms with van der Waals surface area (Å²) in [6, 6.07) is 2.93. The molecule has 3 N–H and O–H groups in total. The predicted molar refractivity (Wildman–Crippen MR) is 105 cm³/mol. The average molecular weight is 439 g/mol. The maximum absolute atomic E-state index is 14.0. The Labute approximate surface area is 166 Å². The highest BCUT2D eigenvalue weighted by molar-refractivity contribution is 9.10. The van der Waals surface area contributed by atoms with Gasteiger partial charge in [-0.05, 0) is 57.8 Å². The van der Waals surface area contributed by atoms with Crippen molar-refractivity contribution in [1.82, 2.24) is 9.88 Å². The minimum Gasteiger partial charge on any atom is -0.444 e. The number of hydrogen-bond donors (Lipinski definition) is 2. The van der Waals surface area contributed by atoms with E-state index in [2.05, 4.69) is 31.1 Å². The molecule has 2 heterocycles. The van der Waals surface area contributed by atoms with Gasteiger partial charge in [0.1, 0.15) is 11.6 Å². The molecular formula is C19H24BrFN4O2. The van der Waals surface area contributed by atoms with E-state index in [0.29, 0.717) is 22.6 Å². The number of amides is 1. The molecule has 1 fully saturated rings. The molecule has 27 heavy (non-hydrogen) atoms. The number of nitrogens with two attached hydrogens (primary N) is 1. The van der Waals surface area contributed by atoms with E-state index in [9.17, 15) is 9.18 Å². The zero-order valence-electron chi connectivity index (χ0n) is 15.5. The lowest BCUT2D eigenvalue weighted by atomic mass is 9.96. The first-order valence-electron chi connectivity index (χ1n) is 9.01. The van der Waals surface area contributed by atoms with Crippen LogP contribution in [0.1, 0.15) is 40.5 Å². The Balaban J connectivity index is 1.53. The van der Waals surface area contributed by atoms with Crippen LogP contribution in [-0.4, -0.2) is 35.4 Å². The third kappa shape index (κ3) is 4.87. The van der Waals surface area contributed by atoms with E-state index in [0.717, 1.165) is 49.8 Å². The molecule has 0 atom stereocenters. The molecule has 3 rings (SSSR count).